The maximum absolute atomic E-state index is 12.6. The van der Waals surface area contributed by atoms with Gasteiger partial charge in [-0.15, -0.1) is 0 Å². The van der Waals surface area contributed by atoms with Gasteiger partial charge < -0.3 is 39.4 Å². The fraction of sp³-hybridized carbons (Fsp3) is 0.118. The molecule has 8 bridgehead atoms. The van der Waals surface area contributed by atoms with E-state index in [-0.39, 0.29) is 71.0 Å². The van der Waals surface area contributed by atoms with E-state index in [1.165, 1.54) is 0 Å². The monoisotopic (exact) mass is 1050 g/mol. The third kappa shape index (κ3) is 11.9. The summed E-state index contributed by atoms with van der Waals surface area (Å²) in [5, 5.41) is 93.6. The molecule has 0 saturated heterocycles. The predicted molar refractivity (Wildman–Crippen MR) is 310 cm³/mol. The SMILES string of the molecule is COc1cccc(/C=C(\C#N)c2cc3c(O)c(c2)Cc2cc(/C(C#N)=C/c4cccc(OC)c4)cc(c2O)Cc2cc(/C(C#N)=C/c4cccc(OC)c4)cc(c2O)Cc2cc(/C(C#N)=C/c4cccc(OC)c4)cc(c2O)C3)c1. The largest absolute Gasteiger partial charge is 0.507 e. The Bertz CT molecular complexity index is 3450. The van der Waals surface area contributed by atoms with E-state index in [2.05, 4.69) is 24.3 Å². The van der Waals surface area contributed by atoms with E-state index in [9.17, 15) is 41.5 Å². The maximum atomic E-state index is 12.6. The number of hydrogen-bond donors (Lipinski definition) is 4. The van der Waals surface area contributed by atoms with Gasteiger partial charge in [0.25, 0.3) is 0 Å². The summed E-state index contributed by atoms with van der Waals surface area (Å²) in [6.07, 6.45) is 6.27. The van der Waals surface area contributed by atoms with Crippen molar-refractivity contribution in [1.82, 2.24) is 0 Å². The summed E-state index contributed by atoms with van der Waals surface area (Å²) in [5.74, 6) is 1.58. The number of fused-ring (bicyclic) bond motifs is 8. The fourth-order valence-electron chi connectivity index (χ4n) is 9.87. The molecule has 9 rings (SSSR count). The molecule has 392 valence electrons. The summed E-state index contributed by atoms with van der Waals surface area (Å²) in [7, 11) is 6.20. The van der Waals surface area contributed by atoms with Crippen molar-refractivity contribution >= 4 is 46.6 Å². The Labute approximate surface area is 464 Å². The normalized spacial score (nSPS) is 12.5. The van der Waals surface area contributed by atoms with Crippen molar-refractivity contribution in [3.8, 4) is 70.3 Å². The zero-order valence-electron chi connectivity index (χ0n) is 44.2. The third-order valence-electron chi connectivity index (χ3n) is 13.9. The maximum Gasteiger partial charge on any atom is 0.122 e. The Morgan fingerprint density at radius 2 is 0.512 bits per heavy atom. The van der Waals surface area contributed by atoms with Crippen molar-refractivity contribution in [2.75, 3.05) is 28.4 Å². The number of allylic oxidation sites excluding steroid dienone is 4. The van der Waals surface area contributed by atoms with Crippen LogP contribution in [0, 0.1) is 45.3 Å². The second-order valence-electron chi connectivity index (χ2n) is 19.1. The van der Waals surface area contributed by atoms with Gasteiger partial charge in [-0.25, -0.2) is 0 Å². The summed E-state index contributed by atoms with van der Waals surface area (Å²) in [4.78, 5) is 0. The number of benzene rings is 8. The van der Waals surface area contributed by atoms with Crippen LogP contribution in [0.1, 0.15) is 89.0 Å². The molecule has 0 fully saturated rings. The Hall–Kier alpha value is -10.9. The van der Waals surface area contributed by atoms with Crippen molar-refractivity contribution in [1.29, 1.82) is 21.0 Å². The van der Waals surface area contributed by atoms with E-state index < -0.39 is 0 Å². The molecule has 0 radical (unpaired) electrons. The zero-order chi connectivity index (χ0) is 56.5. The number of nitrogens with zero attached hydrogens (tertiary/aromatic N) is 4. The number of phenols is 4. The van der Waals surface area contributed by atoms with Gasteiger partial charge in [0.15, 0.2) is 0 Å². The lowest BCUT2D eigenvalue weighted by Gasteiger charge is -2.20. The summed E-state index contributed by atoms with van der Waals surface area (Å²) >= 11 is 0. The Morgan fingerprint density at radius 3 is 0.675 bits per heavy atom. The molecule has 0 heterocycles. The summed E-state index contributed by atoms with van der Waals surface area (Å²) < 4.78 is 21.9. The molecule has 4 N–H and O–H groups in total. The van der Waals surface area contributed by atoms with Crippen LogP contribution in [0.5, 0.6) is 46.0 Å². The predicted octanol–water partition coefficient (Wildman–Crippen LogP) is 13.5. The van der Waals surface area contributed by atoms with Crippen molar-refractivity contribution in [3.05, 3.63) is 235 Å². The van der Waals surface area contributed by atoms with Gasteiger partial charge in [0.2, 0.25) is 0 Å². The highest BCUT2D eigenvalue weighted by Crippen LogP contribution is 2.42. The molecule has 8 aromatic carbocycles. The average molecular weight is 1050 g/mol. The van der Waals surface area contributed by atoms with Crippen LogP contribution in [-0.4, -0.2) is 48.9 Å². The van der Waals surface area contributed by atoms with Crippen LogP contribution < -0.4 is 18.9 Å². The molecule has 1 aliphatic rings. The first-order valence-corrected chi connectivity index (χ1v) is 25.3. The topological polar surface area (TPSA) is 213 Å². The van der Waals surface area contributed by atoms with Crippen molar-refractivity contribution in [3.63, 3.8) is 0 Å². The summed E-state index contributed by atoms with van der Waals surface area (Å²) in [5.41, 5.74) is 7.64. The Kier molecular flexibility index (Phi) is 16.1. The van der Waals surface area contributed by atoms with Gasteiger partial charge >= 0.3 is 0 Å². The first-order valence-electron chi connectivity index (χ1n) is 25.3. The van der Waals surface area contributed by atoms with Crippen LogP contribution in [0.4, 0.5) is 0 Å². The number of hydrogen-bond acceptors (Lipinski definition) is 12. The molecule has 0 aliphatic heterocycles. The third-order valence-corrected chi connectivity index (χ3v) is 13.9. The standard InChI is InChI=1S/C68H52N4O8/c1-77-61-13-5-9-41(21-61)17-57(37-69)45-25-49-33-51-27-46(58(38-70)18-42-10-6-14-62(22-42)78-2)29-53(66(51)74)35-55-31-48(60(40-72)20-44-12-8-16-64(24-44)80-4)32-56(68(55)76)36-54-30-47(28-52(67(54)75)34-50(26-45)65(49)73)59(39-71)19-43-11-7-15-63(23-43)79-3/h5-32,73-76H,33-36H2,1-4H3/b57-17+,58-18+,59-19+,60-20+. The van der Waals surface area contributed by atoms with E-state index in [0.29, 0.717) is 112 Å². The molecule has 0 amide bonds. The summed E-state index contributed by atoms with van der Waals surface area (Å²) in [6, 6.07) is 51.5. The van der Waals surface area contributed by atoms with Gasteiger partial charge in [-0.3, -0.25) is 0 Å². The minimum Gasteiger partial charge on any atom is -0.507 e. The quantitative estimate of drug-likeness (QED) is 0.0665. The molecule has 12 nitrogen and oxygen atoms in total. The highest BCUT2D eigenvalue weighted by atomic mass is 16.5. The lowest BCUT2D eigenvalue weighted by Crippen LogP contribution is -2.04. The Balaban J connectivity index is 1.33. The van der Waals surface area contributed by atoms with Gasteiger partial charge in [0.05, 0.1) is 75.0 Å². The number of ether oxygens (including phenoxy) is 4. The first kappa shape index (κ1) is 53.9. The smallest absolute Gasteiger partial charge is 0.122 e. The number of nitriles is 4. The second-order valence-corrected chi connectivity index (χ2v) is 19.1. The van der Waals surface area contributed by atoms with Gasteiger partial charge in [-0.2, -0.15) is 21.0 Å². The molecule has 1 aliphatic carbocycles. The average Bonchev–Trinajstić information content (AvgIpc) is 3.51. The molecule has 0 spiro atoms. The highest BCUT2D eigenvalue weighted by molar-refractivity contribution is 5.94. The zero-order valence-corrected chi connectivity index (χ0v) is 44.2. The molecular weight excluding hydrogens is 1000 g/mol. The van der Waals surface area contributed by atoms with E-state index in [4.69, 9.17) is 18.9 Å². The molecule has 0 atom stereocenters. The van der Waals surface area contributed by atoms with Crippen LogP contribution in [0.2, 0.25) is 0 Å². The number of phenolic OH excluding ortho intramolecular Hbond substituents is 4. The summed E-state index contributed by atoms with van der Waals surface area (Å²) in [6.45, 7) is 0. The first-order chi connectivity index (χ1) is 38.8. The van der Waals surface area contributed by atoms with Gasteiger partial charge in [0.1, 0.15) is 46.0 Å². The van der Waals surface area contributed by atoms with Crippen molar-refractivity contribution in [2.45, 2.75) is 25.7 Å². The van der Waals surface area contributed by atoms with Crippen LogP contribution in [0.3, 0.4) is 0 Å². The molecule has 12 heteroatoms. The van der Waals surface area contributed by atoms with E-state index >= 15 is 0 Å². The lowest BCUT2D eigenvalue weighted by molar-refractivity contribution is 0.414. The molecule has 0 unspecified atom stereocenters. The van der Waals surface area contributed by atoms with Crippen LogP contribution in [0.15, 0.2) is 146 Å². The number of methoxy groups -OCH3 is 4. The van der Waals surface area contributed by atoms with Crippen molar-refractivity contribution in [2.24, 2.45) is 0 Å². The molecule has 80 heavy (non-hydrogen) atoms. The van der Waals surface area contributed by atoms with Crippen LogP contribution in [-0.2, 0) is 25.7 Å². The molecule has 0 saturated carbocycles. The van der Waals surface area contributed by atoms with Gasteiger partial charge in [-0.05, 0) is 210 Å². The van der Waals surface area contributed by atoms with Crippen molar-refractivity contribution < 1.29 is 39.4 Å². The number of aromatic hydroxyl groups is 4. The van der Waals surface area contributed by atoms with Crippen LogP contribution in [0.25, 0.3) is 46.6 Å². The minimum absolute atomic E-state index is 0.132. The molecular formula is C68H52N4O8. The van der Waals surface area contributed by atoms with Gasteiger partial charge in [-0.1, -0.05) is 48.5 Å². The lowest BCUT2D eigenvalue weighted by atomic mass is 9.86. The minimum atomic E-state index is -0.184. The molecule has 0 aromatic heterocycles. The fourth-order valence-corrected chi connectivity index (χ4v) is 9.87. The van der Waals surface area contributed by atoms with E-state index in [0.717, 1.165) is 0 Å². The highest BCUT2D eigenvalue weighted by Gasteiger charge is 2.24. The Morgan fingerprint density at radius 1 is 0.325 bits per heavy atom. The van der Waals surface area contributed by atoms with Gasteiger partial charge in [0, 0.05) is 25.7 Å². The van der Waals surface area contributed by atoms with E-state index in [1.54, 1.807) is 174 Å². The van der Waals surface area contributed by atoms with E-state index in [1.807, 2.05) is 24.3 Å². The molecule has 8 aromatic rings. The second kappa shape index (κ2) is 24.0. The number of rotatable bonds is 12. The van der Waals surface area contributed by atoms with Crippen LogP contribution >= 0.6 is 0 Å².